The van der Waals surface area contributed by atoms with Crippen molar-refractivity contribution in [3.63, 3.8) is 0 Å². The minimum Gasteiger partial charge on any atom is -0.478 e. The van der Waals surface area contributed by atoms with Crippen molar-refractivity contribution in [3.05, 3.63) is 23.7 Å². The van der Waals surface area contributed by atoms with Crippen molar-refractivity contribution in [1.82, 2.24) is 9.97 Å². The summed E-state index contributed by atoms with van der Waals surface area (Å²) in [5.74, 6) is -0.530. The second-order valence-electron chi connectivity index (χ2n) is 2.78. The molecule has 5 heteroatoms. The number of nitrogens with zero attached hydrogens (tertiary/aromatic N) is 2. The van der Waals surface area contributed by atoms with Gasteiger partial charge in [0.25, 0.3) is 0 Å². The number of fused-ring (bicyclic) bond motifs is 1. The van der Waals surface area contributed by atoms with Crippen LogP contribution in [0.15, 0.2) is 16.7 Å². The fourth-order valence-corrected chi connectivity index (χ4v) is 1.20. The number of hydrogen-bond acceptors (Lipinski definition) is 4. The zero-order valence-electron chi connectivity index (χ0n) is 7.52. The molecule has 0 radical (unpaired) electrons. The monoisotopic (exact) mass is 192 g/mol. The number of oxazole rings is 1. The lowest BCUT2D eigenvalue weighted by Gasteiger charge is -1.92. The van der Waals surface area contributed by atoms with Gasteiger partial charge < -0.3 is 9.52 Å². The van der Waals surface area contributed by atoms with Crippen molar-refractivity contribution >= 4 is 17.2 Å². The van der Waals surface area contributed by atoms with E-state index in [4.69, 9.17) is 9.52 Å². The number of hydrogen-bond donors (Lipinski definition) is 1. The van der Waals surface area contributed by atoms with E-state index >= 15 is 0 Å². The van der Waals surface area contributed by atoms with Crippen molar-refractivity contribution in [2.24, 2.45) is 0 Å². The lowest BCUT2D eigenvalue weighted by Crippen LogP contribution is -1.96. The van der Waals surface area contributed by atoms with Crippen LogP contribution >= 0.6 is 0 Å². The summed E-state index contributed by atoms with van der Waals surface area (Å²) < 4.78 is 5.26. The van der Waals surface area contributed by atoms with Crippen molar-refractivity contribution < 1.29 is 14.3 Å². The molecule has 72 valence electrons. The van der Waals surface area contributed by atoms with Gasteiger partial charge in [-0.3, -0.25) is 0 Å². The third kappa shape index (κ3) is 1.22. The summed E-state index contributed by atoms with van der Waals surface area (Å²) in [6.45, 7) is 1.88. The number of rotatable bonds is 2. The second kappa shape index (κ2) is 3.10. The lowest BCUT2D eigenvalue weighted by atomic mass is 10.2. The molecule has 0 unspecified atom stereocenters. The normalized spacial score (nSPS) is 10.6. The molecule has 0 atom stereocenters. The summed E-state index contributed by atoms with van der Waals surface area (Å²) in [6.07, 6.45) is 2.03. The Morgan fingerprint density at radius 1 is 1.64 bits per heavy atom. The molecule has 0 aromatic carbocycles. The maximum absolute atomic E-state index is 10.8. The SMILES string of the molecule is CCc1nc2nccc(C(=O)O)c2o1. The predicted octanol–water partition coefficient (Wildman–Crippen LogP) is 1.48. The Labute approximate surface area is 79.4 Å². The summed E-state index contributed by atoms with van der Waals surface area (Å²) in [5.41, 5.74) is 0.695. The number of pyridine rings is 1. The van der Waals surface area contributed by atoms with E-state index < -0.39 is 5.97 Å². The van der Waals surface area contributed by atoms with Gasteiger partial charge in [-0.25, -0.2) is 9.78 Å². The van der Waals surface area contributed by atoms with Crippen molar-refractivity contribution in [3.8, 4) is 0 Å². The Hall–Kier alpha value is -1.91. The highest BCUT2D eigenvalue weighted by atomic mass is 16.4. The minimum absolute atomic E-state index is 0.0993. The molecule has 0 bridgehead atoms. The number of aryl methyl sites for hydroxylation is 1. The van der Waals surface area contributed by atoms with Gasteiger partial charge in [0.05, 0.1) is 0 Å². The van der Waals surface area contributed by atoms with Crippen LogP contribution < -0.4 is 0 Å². The fraction of sp³-hybridized carbons (Fsp3) is 0.222. The Morgan fingerprint density at radius 2 is 2.43 bits per heavy atom. The Kier molecular flexibility index (Phi) is 1.92. The molecule has 5 nitrogen and oxygen atoms in total. The zero-order chi connectivity index (χ0) is 10.1. The smallest absolute Gasteiger partial charge is 0.339 e. The molecular weight excluding hydrogens is 184 g/mol. The van der Waals surface area contributed by atoms with E-state index in [2.05, 4.69) is 9.97 Å². The topological polar surface area (TPSA) is 76.2 Å². The highest BCUT2D eigenvalue weighted by Gasteiger charge is 2.14. The van der Waals surface area contributed by atoms with Gasteiger partial charge in [0.15, 0.2) is 17.1 Å². The molecule has 14 heavy (non-hydrogen) atoms. The predicted molar refractivity (Wildman–Crippen MR) is 48.1 cm³/mol. The number of carboxylic acids is 1. The molecule has 0 fully saturated rings. The van der Waals surface area contributed by atoms with Crippen molar-refractivity contribution in [2.45, 2.75) is 13.3 Å². The van der Waals surface area contributed by atoms with E-state index in [1.165, 1.54) is 12.3 Å². The first-order valence-corrected chi connectivity index (χ1v) is 4.20. The molecule has 0 aliphatic rings. The van der Waals surface area contributed by atoms with Gasteiger partial charge >= 0.3 is 5.97 Å². The molecular formula is C9H8N2O3. The molecule has 2 heterocycles. The van der Waals surface area contributed by atoms with Gasteiger partial charge in [0.1, 0.15) is 5.56 Å². The van der Waals surface area contributed by atoms with Crippen LogP contribution in [0.5, 0.6) is 0 Å². The van der Waals surface area contributed by atoms with Crippen LogP contribution in [0.2, 0.25) is 0 Å². The van der Waals surface area contributed by atoms with Gasteiger partial charge in [-0.05, 0) is 6.07 Å². The van der Waals surface area contributed by atoms with Crippen LogP contribution in [0.1, 0.15) is 23.2 Å². The molecule has 0 aliphatic carbocycles. The van der Waals surface area contributed by atoms with Crippen molar-refractivity contribution in [2.75, 3.05) is 0 Å². The van der Waals surface area contributed by atoms with Crippen LogP contribution in [0.3, 0.4) is 0 Å². The number of carbonyl (C=O) groups is 1. The Balaban J connectivity index is 2.73. The van der Waals surface area contributed by atoms with Crippen LogP contribution in [-0.4, -0.2) is 21.0 Å². The van der Waals surface area contributed by atoms with E-state index in [-0.39, 0.29) is 11.1 Å². The third-order valence-corrected chi connectivity index (χ3v) is 1.87. The van der Waals surface area contributed by atoms with Gasteiger partial charge in [-0.1, -0.05) is 6.92 Å². The highest BCUT2D eigenvalue weighted by molar-refractivity contribution is 5.98. The molecule has 0 spiro atoms. The summed E-state index contributed by atoms with van der Waals surface area (Å²) in [5, 5.41) is 8.85. The maximum Gasteiger partial charge on any atom is 0.339 e. The molecule has 2 rings (SSSR count). The third-order valence-electron chi connectivity index (χ3n) is 1.87. The van der Waals surface area contributed by atoms with Gasteiger partial charge in [-0.2, -0.15) is 4.98 Å². The van der Waals surface area contributed by atoms with E-state index in [0.717, 1.165) is 0 Å². The van der Waals surface area contributed by atoms with Crippen LogP contribution in [0, 0.1) is 0 Å². The highest BCUT2D eigenvalue weighted by Crippen LogP contribution is 2.17. The van der Waals surface area contributed by atoms with Crippen LogP contribution in [-0.2, 0) is 6.42 Å². The average molecular weight is 192 g/mol. The molecule has 0 amide bonds. The number of aromatic nitrogens is 2. The minimum atomic E-state index is -1.03. The summed E-state index contributed by atoms with van der Waals surface area (Å²) in [6, 6.07) is 1.40. The summed E-state index contributed by atoms with van der Waals surface area (Å²) in [4.78, 5) is 18.8. The molecule has 0 aliphatic heterocycles. The number of carboxylic acid groups (broad SMARTS) is 1. The van der Waals surface area contributed by atoms with Gasteiger partial charge in [-0.15, -0.1) is 0 Å². The molecule has 1 N–H and O–H groups in total. The first kappa shape index (κ1) is 8.68. The molecule has 2 aromatic heterocycles. The van der Waals surface area contributed by atoms with Gasteiger partial charge in [0, 0.05) is 12.6 Å². The quantitative estimate of drug-likeness (QED) is 0.779. The molecule has 0 saturated carbocycles. The molecule has 0 saturated heterocycles. The first-order chi connectivity index (χ1) is 6.72. The Morgan fingerprint density at radius 3 is 3.07 bits per heavy atom. The lowest BCUT2D eigenvalue weighted by molar-refractivity contribution is 0.0697. The molecule has 2 aromatic rings. The first-order valence-electron chi connectivity index (χ1n) is 4.20. The van der Waals surface area contributed by atoms with Crippen LogP contribution in [0.25, 0.3) is 11.2 Å². The average Bonchev–Trinajstić information content (AvgIpc) is 2.59. The standard InChI is InChI=1S/C9H8N2O3/c1-2-6-11-8-7(14-6)5(9(12)13)3-4-10-8/h3-4H,2H2,1H3,(H,12,13). The fourth-order valence-electron chi connectivity index (χ4n) is 1.20. The van der Waals surface area contributed by atoms with Crippen molar-refractivity contribution in [1.29, 1.82) is 0 Å². The van der Waals surface area contributed by atoms with Gasteiger partial charge in [0.2, 0.25) is 0 Å². The number of aromatic carboxylic acids is 1. The summed E-state index contributed by atoms with van der Waals surface area (Å²) >= 11 is 0. The Bertz CT molecular complexity index is 490. The largest absolute Gasteiger partial charge is 0.478 e. The van der Waals surface area contributed by atoms with E-state index in [0.29, 0.717) is 18.0 Å². The van der Waals surface area contributed by atoms with E-state index in [1.54, 1.807) is 0 Å². The summed E-state index contributed by atoms with van der Waals surface area (Å²) in [7, 11) is 0. The van der Waals surface area contributed by atoms with E-state index in [1.807, 2.05) is 6.92 Å². The second-order valence-corrected chi connectivity index (χ2v) is 2.78. The zero-order valence-corrected chi connectivity index (χ0v) is 7.52. The van der Waals surface area contributed by atoms with E-state index in [9.17, 15) is 4.79 Å². The van der Waals surface area contributed by atoms with Crippen LogP contribution in [0.4, 0.5) is 0 Å². The maximum atomic E-state index is 10.8.